The molecule has 0 saturated carbocycles. The van der Waals surface area contributed by atoms with Crippen LogP contribution in [-0.2, 0) is 14.3 Å². The van der Waals surface area contributed by atoms with Crippen molar-refractivity contribution >= 4 is 11.8 Å². The van der Waals surface area contributed by atoms with Crippen molar-refractivity contribution in [2.45, 2.75) is 31.2 Å². The van der Waals surface area contributed by atoms with Crippen LogP contribution in [0.5, 0.6) is 0 Å². The highest BCUT2D eigenvalue weighted by molar-refractivity contribution is 5.88. The number of rotatable bonds is 6. The second-order valence-electron chi connectivity index (χ2n) is 4.11. The Hall–Kier alpha value is -1.38. The number of amides is 2. The summed E-state index contributed by atoms with van der Waals surface area (Å²) >= 11 is 0. The maximum atomic E-state index is 12.4. The van der Waals surface area contributed by atoms with Crippen LogP contribution in [0.2, 0.25) is 0 Å². The van der Waals surface area contributed by atoms with E-state index in [-0.39, 0.29) is 5.91 Å². The third-order valence-corrected chi connectivity index (χ3v) is 2.47. The topological polar surface area (TPSA) is 67.4 Å². The molecule has 1 heterocycles. The number of alkyl halides is 4. The van der Waals surface area contributed by atoms with Crippen LogP contribution >= 0.6 is 0 Å². The Morgan fingerprint density at radius 1 is 1.53 bits per heavy atom. The molecule has 1 fully saturated rings. The van der Waals surface area contributed by atoms with Gasteiger partial charge in [-0.3, -0.25) is 9.59 Å². The van der Waals surface area contributed by atoms with E-state index in [1.165, 1.54) is 0 Å². The Bertz CT molecular complexity index is 339. The van der Waals surface area contributed by atoms with Crippen LogP contribution in [-0.4, -0.2) is 50.0 Å². The summed E-state index contributed by atoms with van der Waals surface area (Å²) in [5.74, 6) is -5.45. The van der Waals surface area contributed by atoms with Gasteiger partial charge in [-0.25, -0.2) is 8.78 Å². The first-order chi connectivity index (χ1) is 8.83. The summed E-state index contributed by atoms with van der Waals surface area (Å²) in [4.78, 5) is 22.5. The second kappa shape index (κ2) is 6.69. The van der Waals surface area contributed by atoms with Gasteiger partial charge in [-0.2, -0.15) is 8.78 Å². The maximum Gasteiger partial charge on any atom is 0.330 e. The number of piperidine rings is 1. The molecule has 2 amide bonds. The van der Waals surface area contributed by atoms with Gasteiger partial charge in [0.2, 0.25) is 11.8 Å². The van der Waals surface area contributed by atoms with Gasteiger partial charge < -0.3 is 15.4 Å². The van der Waals surface area contributed by atoms with Gasteiger partial charge in [0, 0.05) is 6.54 Å². The summed E-state index contributed by atoms with van der Waals surface area (Å²) in [5, 5.41) is 4.79. The van der Waals surface area contributed by atoms with Gasteiger partial charge in [-0.1, -0.05) is 0 Å². The molecule has 1 aliphatic heterocycles. The fourth-order valence-electron chi connectivity index (χ4n) is 1.49. The number of carbonyl (C=O) groups excluding carboxylic acids is 2. The second-order valence-corrected chi connectivity index (χ2v) is 4.11. The van der Waals surface area contributed by atoms with Gasteiger partial charge in [0.05, 0.1) is 0 Å². The highest BCUT2D eigenvalue weighted by Gasteiger charge is 2.41. The first-order valence-electron chi connectivity index (χ1n) is 5.63. The summed E-state index contributed by atoms with van der Waals surface area (Å²) in [6.45, 7) is -1.83. The maximum absolute atomic E-state index is 12.4. The zero-order chi connectivity index (χ0) is 14.5. The van der Waals surface area contributed by atoms with E-state index in [1.807, 2.05) is 0 Å². The molecular formula is C10H14F4N2O3. The summed E-state index contributed by atoms with van der Waals surface area (Å²) < 4.78 is 52.7. The highest BCUT2D eigenvalue weighted by atomic mass is 19.3. The third kappa shape index (κ3) is 5.01. The van der Waals surface area contributed by atoms with E-state index >= 15 is 0 Å². The van der Waals surface area contributed by atoms with Crippen molar-refractivity contribution in [2.24, 2.45) is 0 Å². The standard InChI is InChI=1S/C10H14F4N2O3/c11-9(12)10(13,14)5-19-4-7(17)16-6-2-1-3-15-8(6)18/h6,9H,1-5H2,(H,15,18)(H,16,17)/t6-/m0/s1. The summed E-state index contributed by atoms with van der Waals surface area (Å²) in [7, 11) is 0. The van der Waals surface area contributed by atoms with Gasteiger partial charge in [-0.05, 0) is 12.8 Å². The van der Waals surface area contributed by atoms with E-state index in [1.54, 1.807) is 0 Å². The number of nitrogens with one attached hydrogen (secondary N) is 2. The highest BCUT2D eigenvalue weighted by Crippen LogP contribution is 2.22. The SMILES string of the molecule is O=C(COCC(F)(F)C(F)F)N[C@H]1CCCNC1=O. The van der Waals surface area contributed by atoms with Gasteiger partial charge in [0.15, 0.2) is 0 Å². The molecular weight excluding hydrogens is 272 g/mol. The first kappa shape index (κ1) is 15.7. The molecule has 19 heavy (non-hydrogen) atoms. The molecule has 0 radical (unpaired) electrons. The normalized spacial score (nSPS) is 20.3. The van der Waals surface area contributed by atoms with Gasteiger partial charge in [0.25, 0.3) is 0 Å². The molecule has 1 aliphatic rings. The fraction of sp³-hybridized carbons (Fsp3) is 0.800. The van der Waals surface area contributed by atoms with Gasteiger partial charge in [-0.15, -0.1) is 0 Å². The predicted octanol–water partition coefficient (Wildman–Crippen LogP) is 0.298. The number of hydrogen-bond acceptors (Lipinski definition) is 3. The molecule has 1 atom stereocenters. The minimum atomic E-state index is -4.29. The monoisotopic (exact) mass is 286 g/mol. The Morgan fingerprint density at radius 3 is 2.79 bits per heavy atom. The lowest BCUT2D eigenvalue weighted by molar-refractivity contribution is -0.168. The van der Waals surface area contributed by atoms with Crippen LogP contribution in [0.15, 0.2) is 0 Å². The molecule has 0 aromatic carbocycles. The average molecular weight is 286 g/mol. The van der Waals surface area contributed by atoms with E-state index in [4.69, 9.17) is 0 Å². The van der Waals surface area contributed by atoms with Crippen molar-refractivity contribution in [3.8, 4) is 0 Å². The van der Waals surface area contributed by atoms with E-state index in [0.29, 0.717) is 19.4 Å². The molecule has 0 aromatic rings. The molecule has 0 aromatic heterocycles. The third-order valence-electron chi connectivity index (χ3n) is 2.47. The Labute approximate surface area is 106 Å². The summed E-state index contributed by atoms with van der Waals surface area (Å²) in [6.07, 6.45) is -2.73. The molecule has 0 spiro atoms. The van der Waals surface area contributed by atoms with Gasteiger partial charge in [0.1, 0.15) is 19.3 Å². The van der Waals surface area contributed by atoms with E-state index < -0.39 is 37.5 Å². The zero-order valence-electron chi connectivity index (χ0n) is 9.93. The van der Waals surface area contributed by atoms with E-state index in [9.17, 15) is 27.2 Å². The van der Waals surface area contributed by atoms with Crippen molar-refractivity contribution in [1.82, 2.24) is 10.6 Å². The smallest absolute Gasteiger partial charge is 0.330 e. The lowest BCUT2D eigenvalue weighted by atomic mass is 10.1. The van der Waals surface area contributed by atoms with Crippen LogP contribution in [0.25, 0.3) is 0 Å². The summed E-state index contributed by atoms with van der Waals surface area (Å²) in [5.41, 5.74) is 0. The van der Waals surface area contributed by atoms with Crippen LogP contribution in [0.1, 0.15) is 12.8 Å². The van der Waals surface area contributed by atoms with Gasteiger partial charge >= 0.3 is 12.3 Å². The van der Waals surface area contributed by atoms with E-state index in [0.717, 1.165) is 0 Å². The molecule has 2 N–H and O–H groups in total. The fourth-order valence-corrected chi connectivity index (χ4v) is 1.49. The molecule has 0 unspecified atom stereocenters. The van der Waals surface area contributed by atoms with E-state index in [2.05, 4.69) is 15.4 Å². The lowest BCUT2D eigenvalue weighted by Crippen LogP contribution is -2.51. The van der Waals surface area contributed by atoms with Crippen molar-refractivity contribution < 1.29 is 31.9 Å². The minimum Gasteiger partial charge on any atom is -0.365 e. The van der Waals surface area contributed by atoms with Crippen LogP contribution in [0.3, 0.4) is 0 Å². The largest absolute Gasteiger partial charge is 0.365 e. The van der Waals surface area contributed by atoms with Crippen LogP contribution in [0, 0.1) is 0 Å². The molecule has 0 bridgehead atoms. The van der Waals surface area contributed by atoms with Crippen LogP contribution < -0.4 is 10.6 Å². The Kier molecular flexibility index (Phi) is 5.52. The van der Waals surface area contributed by atoms with Crippen molar-refractivity contribution in [3.05, 3.63) is 0 Å². The quantitative estimate of drug-likeness (QED) is 0.690. The Balaban J connectivity index is 2.26. The zero-order valence-corrected chi connectivity index (χ0v) is 9.93. The average Bonchev–Trinajstić information content (AvgIpc) is 2.31. The molecule has 110 valence electrons. The number of ether oxygens (including phenoxy) is 1. The number of carbonyl (C=O) groups is 2. The summed E-state index contributed by atoms with van der Waals surface area (Å²) in [6, 6.07) is -0.736. The lowest BCUT2D eigenvalue weighted by Gasteiger charge is -2.23. The molecule has 0 aliphatic carbocycles. The molecule has 1 saturated heterocycles. The molecule has 5 nitrogen and oxygen atoms in total. The predicted molar refractivity (Wildman–Crippen MR) is 55.9 cm³/mol. The molecule has 1 rings (SSSR count). The van der Waals surface area contributed by atoms with Crippen LogP contribution in [0.4, 0.5) is 17.6 Å². The van der Waals surface area contributed by atoms with Crippen molar-refractivity contribution in [1.29, 1.82) is 0 Å². The van der Waals surface area contributed by atoms with Crippen molar-refractivity contribution in [3.63, 3.8) is 0 Å². The Morgan fingerprint density at radius 2 is 2.21 bits per heavy atom. The molecule has 9 heteroatoms. The van der Waals surface area contributed by atoms with Crippen molar-refractivity contribution in [2.75, 3.05) is 19.8 Å². The number of halogens is 4. The minimum absolute atomic E-state index is 0.363. The first-order valence-corrected chi connectivity index (χ1v) is 5.63. The number of hydrogen-bond donors (Lipinski definition) is 2.